The molecule has 4 heterocycles. The molecule has 2 N–H and O–H groups in total. The van der Waals surface area contributed by atoms with Crippen LogP contribution in [0.2, 0.25) is 0 Å². The first-order chi connectivity index (χ1) is 13.6. The summed E-state index contributed by atoms with van der Waals surface area (Å²) in [6, 6.07) is 9.14. The highest BCUT2D eigenvalue weighted by atomic mass is 32.1. The summed E-state index contributed by atoms with van der Waals surface area (Å²) < 4.78 is 0. The Bertz CT molecular complexity index is 993. The van der Waals surface area contributed by atoms with E-state index < -0.39 is 6.09 Å². The van der Waals surface area contributed by atoms with E-state index >= 15 is 0 Å². The lowest BCUT2D eigenvalue weighted by molar-refractivity contribution is -0.120. The Labute approximate surface area is 164 Å². The largest absolute Gasteiger partial charge is 0.465 e. The van der Waals surface area contributed by atoms with Gasteiger partial charge >= 0.3 is 6.09 Å². The maximum Gasteiger partial charge on any atom is 0.407 e. The van der Waals surface area contributed by atoms with Crippen molar-refractivity contribution in [3.63, 3.8) is 0 Å². The summed E-state index contributed by atoms with van der Waals surface area (Å²) >= 11 is 1.52. The highest BCUT2D eigenvalue weighted by molar-refractivity contribution is 7.13. The number of pyridine rings is 2. The number of anilines is 3. The Hall–Kier alpha value is -3.53. The molecule has 4 rings (SSSR count). The number of carbonyl (C=O) groups is 2. The second kappa shape index (κ2) is 7.61. The van der Waals surface area contributed by atoms with Crippen LogP contribution in [0.25, 0.3) is 10.7 Å². The van der Waals surface area contributed by atoms with Crippen LogP contribution >= 0.6 is 11.3 Å². The first-order valence-electron chi connectivity index (χ1n) is 8.48. The SMILES string of the molecule is O=C(O)N1CCN(c2ccc(Nc3cccc(-c4nccs4)n3)nc2)C(=O)C1. The van der Waals surface area contributed by atoms with E-state index in [1.807, 2.05) is 23.6 Å². The van der Waals surface area contributed by atoms with Crippen LogP contribution in [0.3, 0.4) is 0 Å². The van der Waals surface area contributed by atoms with Crippen LogP contribution < -0.4 is 10.2 Å². The Balaban J connectivity index is 1.45. The lowest BCUT2D eigenvalue weighted by Gasteiger charge is -2.32. The summed E-state index contributed by atoms with van der Waals surface area (Å²) in [5.74, 6) is 0.956. The van der Waals surface area contributed by atoms with Crippen molar-refractivity contribution in [1.29, 1.82) is 0 Å². The van der Waals surface area contributed by atoms with Gasteiger partial charge in [-0.3, -0.25) is 9.69 Å². The number of thiazole rings is 1. The molecule has 10 heteroatoms. The molecule has 3 aromatic heterocycles. The van der Waals surface area contributed by atoms with Crippen molar-refractivity contribution in [3.05, 3.63) is 48.1 Å². The zero-order valence-corrected chi connectivity index (χ0v) is 15.5. The number of piperazine rings is 1. The number of carboxylic acid groups (broad SMARTS) is 1. The van der Waals surface area contributed by atoms with Gasteiger partial charge < -0.3 is 15.3 Å². The van der Waals surface area contributed by atoms with Crippen LogP contribution in [0.15, 0.2) is 48.1 Å². The molecule has 2 amide bonds. The van der Waals surface area contributed by atoms with E-state index in [1.54, 1.807) is 24.5 Å². The van der Waals surface area contributed by atoms with Gasteiger partial charge in [-0.25, -0.2) is 19.7 Å². The predicted octanol–water partition coefficient (Wildman–Crippen LogP) is 2.67. The highest BCUT2D eigenvalue weighted by Crippen LogP contribution is 2.23. The molecule has 1 saturated heterocycles. The van der Waals surface area contributed by atoms with Gasteiger partial charge in [0.15, 0.2) is 0 Å². The fourth-order valence-electron chi connectivity index (χ4n) is 2.83. The van der Waals surface area contributed by atoms with Crippen molar-refractivity contribution in [2.75, 3.05) is 29.9 Å². The minimum absolute atomic E-state index is 0.150. The molecule has 0 spiro atoms. The fourth-order valence-corrected chi connectivity index (χ4v) is 3.44. The summed E-state index contributed by atoms with van der Waals surface area (Å²) in [5, 5.41) is 14.9. The van der Waals surface area contributed by atoms with Crippen LogP contribution in [0, 0.1) is 0 Å². The number of hydrogen-bond acceptors (Lipinski definition) is 7. The van der Waals surface area contributed by atoms with E-state index in [4.69, 9.17) is 5.11 Å². The van der Waals surface area contributed by atoms with E-state index in [1.165, 1.54) is 16.2 Å². The Morgan fingerprint density at radius 2 is 2.04 bits per heavy atom. The quantitative estimate of drug-likeness (QED) is 0.697. The first kappa shape index (κ1) is 17.9. The summed E-state index contributed by atoms with van der Waals surface area (Å²) in [5.41, 5.74) is 1.41. The van der Waals surface area contributed by atoms with Gasteiger partial charge in [-0.05, 0) is 24.3 Å². The molecule has 0 aliphatic carbocycles. The molecule has 0 aromatic carbocycles. The predicted molar refractivity (Wildman–Crippen MR) is 105 cm³/mol. The van der Waals surface area contributed by atoms with Crippen molar-refractivity contribution < 1.29 is 14.7 Å². The number of nitrogens with one attached hydrogen (secondary N) is 1. The van der Waals surface area contributed by atoms with Gasteiger partial charge in [-0.1, -0.05) is 6.07 Å². The van der Waals surface area contributed by atoms with E-state index in [0.717, 1.165) is 15.6 Å². The average Bonchev–Trinajstić information content (AvgIpc) is 3.24. The fraction of sp³-hybridized carbons (Fsp3) is 0.167. The number of nitrogens with zero attached hydrogens (tertiary/aromatic N) is 5. The number of hydrogen-bond donors (Lipinski definition) is 2. The van der Waals surface area contributed by atoms with Gasteiger partial charge in [0.1, 0.15) is 28.9 Å². The molecule has 1 fully saturated rings. The van der Waals surface area contributed by atoms with Crippen molar-refractivity contribution in [2.45, 2.75) is 0 Å². The van der Waals surface area contributed by atoms with Crippen LogP contribution in [0.5, 0.6) is 0 Å². The molecule has 28 heavy (non-hydrogen) atoms. The third kappa shape index (κ3) is 3.76. The topological polar surface area (TPSA) is 112 Å². The monoisotopic (exact) mass is 396 g/mol. The second-order valence-electron chi connectivity index (χ2n) is 6.02. The molecule has 0 atom stereocenters. The van der Waals surface area contributed by atoms with Crippen molar-refractivity contribution in [2.24, 2.45) is 0 Å². The third-order valence-corrected chi connectivity index (χ3v) is 5.00. The molecule has 0 bridgehead atoms. The normalized spacial score (nSPS) is 14.2. The van der Waals surface area contributed by atoms with Crippen molar-refractivity contribution in [3.8, 4) is 10.7 Å². The van der Waals surface area contributed by atoms with Gasteiger partial charge in [0, 0.05) is 24.7 Å². The Morgan fingerprint density at radius 3 is 2.71 bits per heavy atom. The number of aromatic nitrogens is 3. The van der Waals surface area contributed by atoms with Crippen LogP contribution in [-0.2, 0) is 4.79 Å². The minimum atomic E-state index is -1.09. The summed E-state index contributed by atoms with van der Waals surface area (Å²) in [4.78, 5) is 39.0. The molecule has 142 valence electrons. The van der Waals surface area contributed by atoms with Crippen molar-refractivity contribution in [1.82, 2.24) is 19.9 Å². The van der Waals surface area contributed by atoms with E-state index in [0.29, 0.717) is 23.9 Å². The Kier molecular flexibility index (Phi) is 4.85. The molecule has 1 aliphatic rings. The van der Waals surface area contributed by atoms with E-state index in [-0.39, 0.29) is 19.0 Å². The summed E-state index contributed by atoms with van der Waals surface area (Å²) in [6.07, 6.45) is 2.24. The minimum Gasteiger partial charge on any atom is -0.465 e. The van der Waals surface area contributed by atoms with Gasteiger partial charge in [-0.2, -0.15) is 0 Å². The highest BCUT2D eigenvalue weighted by Gasteiger charge is 2.27. The van der Waals surface area contributed by atoms with Gasteiger partial charge in [0.25, 0.3) is 0 Å². The Morgan fingerprint density at radius 1 is 1.14 bits per heavy atom. The molecular formula is C18H16N6O3S. The number of rotatable bonds is 4. The van der Waals surface area contributed by atoms with Gasteiger partial charge in [-0.15, -0.1) is 11.3 Å². The molecular weight excluding hydrogens is 380 g/mol. The average molecular weight is 396 g/mol. The standard InChI is InChI=1S/C18H16N6O3S/c25-16-11-23(18(26)27)7-8-24(16)12-4-5-14(20-10-12)22-15-3-1-2-13(21-15)17-19-6-9-28-17/h1-6,9-10H,7-8,11H2,(H,26,27)(H,20,21,22). The second-order valence-corrected chi connectivity index (χ2v) is 6.92. The lowest BCUT2D eigenvalue weighted by atomic mass is 10.2. The van der Waals surface area contributed by atoms with Gasteiger partial charge in [0.05, 0.1) is 11.9 Å². The molecule has 1 aliphatic heterocycles. The van der Waals surface area contributed by atoms with Crippen LogP contribution in [0.1, 0.15) is 0 Å². The number of amides is 2. The van der Waals surface area contributed by atoms with Crippen molar-refractivity contribution >= 4 is 40.7 Å². The lowest BCUT2D eigenvalue weighted by Crippen LogP contribution is -2.52. The summed E-state index contributed by atoms with van der Waals surface area (Å²) in [6.45, 7) is 0.425. The maximum atomic E-state index is 12.2. The molecule has 0 unspecified atom stereocenters. The molecule has 0 radical (unpaired) electrons. The van der Waals surface area contributed by atoms with Crippen LogP contribution in [0.4, 0.5) is 22.1 Å². The molecule has 0 saturated carbocycles. The first-order valence-corrected chi connectivity index (χ1v) is 9.36. The third-order valence-electron chi connectivity index (χ3n) is 4.21. The van der Waals surface area contributed by atoms with E-state index in [2.05, 4.69) is 20.3 Å². The smallest absolute Gasteiger partial charge is 0.407 e. The summed E-state index contributed by atoms with van der Waals surface area (Å²) in [7, 11) is 0. The van der Waals surface area contributed by atoms with E-state index in [9.17, 15) is 9.59 Å². The van der Waals surface area contributed by atoms with Crippen LogP contribution in [-0.4, -0.2) is 56.6 Å². The molecule has 9 nitrogen and oxygen atoms in total. The van der Waals surface area contributed by atoms with Gasteiger partial charge in [0.2, 0.25) is 5.91 Å². The molecule has 3 aromatic rings. The zero-order valence-electron chi connectivity index (χ0n) is 14.6. The zero-order chi connectivity index (χ0) is 19.5. The maximum absolute atomic E-state index is 12.2. The number of carbonyl (C=O) groups excluding carboxylic acids is 1.